The predicted molar refractivity (Wildman–Crippen MR) is 69.3 cm³/mol. The Labute approximate surface area is 103 Å². The van der Waals surface area contributed by atoms with Crippen LogP contribution in [0.3, 0.4) is 0 Å². The van der Waals surface area contributed by atoms with Crippen molar-refractivity contribution < 1.29 is 4.39 Å². The molecule has 0 bridgehead atoms. The number of benzene rings is 1. The van der Waals surface area contributed by atoms with E-state index in [1.54, 1.807) is 6.07 Å². The van der Waals surface area contributed by atoms with Gasteiger partial charge in [-0.1, -0.05) is 31.5 Å². The lowest BCUT2D eigenvalue weighted by molar-refractivity contribution is 0.432. The molecule has 1 saturated carbocycles. The first-order valence-electron chi connectivity index (χ1n) is 6.64. The highest BCUT2D eigenvalue weighted by molar-refractivity contribution is 5.20. The van der Waals surface area contributed by atoms with Gasteiger partial charge in [0.15, 0.2) is 0 Å². The van der Waals surface area contributed by atoms with E-state index < -0.39 is 0 Å². The SMILES string of the molecule is CC1CCC(CNC(C)c2ccccc2F)C1. The van der Waals surface area contributed by atoms with Crippen molar-refractivity contribution in [3.05, 3.63) is 35.6 Å². The molecule has 0 aliphatic heterocycles. The Morgan fingerprint density at radius 2 is 2.12 bits per heavy atom. The molecule has 0 saturated heterocycles. The Bertz CT molecular complexity index is 364. The van der Waals surface area contributed by atoms with Crippen LogP contribution in [0.15, 0.2) is 24.3 Å². The summed E-state index contributed by atoms with van der Waals surface area (Å²) in [5, 5.41) is 3.46. The molecule has 0 radical (unpaired) electrons. The Balaban J connectivity index is 1.85. The third kappa shape index (κ3) is 3.29. The summed E-state index contributed by atoms with van der Waals surface area (Å²) in [7, 11) is 0. The highest BCUT2D eigenvalue weighted by atomic mass is 19.1. The van der Waals surface area contributed by atoms with Crippen LogP contribution in [0, 0.1) is 17.7 Å². The summed E-state index contributed by atoms with van der Waals surface area (Å²) < 4.78 is 13.6. The standard InChI is InChI=1S/C15H22FN/c1-11-7-8-13(9-11)10-17-12(2)14-5-3-4-6-15(14)16/h3-6,11-13,17H,7-10H2,1-2H3. The molecule has 0 aromatic heterocycles. The van der Waals surface area contributed by atoms with E-state index in [1.807, 2.05) is 19.1 Å². The minimum atomic E-state index is -0.104. The minimum Gasteiger partial charge on any atom is -0.310 e. The van der Waals surface area contributed by atoms with Crippen LogP contribution in [0.2, 0.25) is 0 Å². The summed E-state index contributed by atoms with van der Waals surface area (Å²) in [4.78, 5) is 0. The lowest BCUT2D eigenvalue weighted by atomic mass is 10.0. The average Bonchev–Trinajstić information content (AvgIpc) is 2.73. The lowest BCUT2D eigenvalue weighted by Gasteiger charge is -2.18. The molecule has 1 aromatic rings. The van der Waals surface area contributed by atoms with Crippen LogP contribution in [0.4, 0.5) is 4.39 Å². The van der Waals surface area contributed by atoms with E-state index in [-0.39, 0.29) is 11.9 Å². The first-order chi connectivity index (χ1) is 8.16. The molecule has 1 aliphatic rings. The van der Waals surface area contributed by atoms with E-state index in [0.717, 1.165) is 23.9 Å². The molecule has 0 amide bonds. The molecular weight excluding hydrogens is 213 g/mol. The summed E-state index contributed by atoms with van der Waals surface area (Å²) in [6, 6.07) is 7.14. The molecule has 2 heteroatoms. The van der Waals surface area contributed by atoms with Gasteiger partial charge >= 0.3 is 0 Å². The topological polar surface area (TPSA) is 12.0 Å². The van der Waals surface area contributed by atoms with Gasteiger partial charge in [-0.05, 0) is 44.2 Å². The molecule has 1 N–H and O–H groups in total. The van der Waals surface area contributed by atoms with Gasteiger partial charge in [-0.3, -0.25) is 0 Å². The number of rotatable bonds is 4. The molecule has 3 unspecified atom stereocenters. The summed E-state index contributed by atoms with van der Waals surface area (Å²) in [5.74, 6) is 1.54. The van der Waals surface area contributed by atoms with Gasteiger partial charge in [-0.15, -0.1) is 0 Å². The number of nitrogens with one attached hydrogen (secondary N) is 1. The number of hydrogen-bond donors (Lipinski definition) is 1. The van der Waals surface area contributed by atoms with E-state index in [2.05, 4.69) is 12.2 Å². The van der Waals surface area contributed by atoms with Gasteiger partial charge < -0.3 is 5.32 Å². The quantitative estimate of drug-likeness (QED) is 0.834. The van der Waals surface area contributed by atoms with Crippen LogP contribution >= 0.6 is 0 Å². The molecule has 17 heavy (non-hydrogen) atoms. The van der Waals surface area contributed by atoms with Crippen molar-refractivity contribution in [3.63, 3.8) is 0 Å². The first kappa shape index (κ1) is 12.6. The molecule has 1 fully saturated rings. The maximum absolute atomic E-state index is 13.6. The van der Waals surface area contributed by atoms with Gasteiger partial charge in [0.1, 0.15) is 5.82 Å². The monoisotopic (exact) mass is 235 g/mol. The van der Waals surface area contributed by atoms with Crippen LogP contribution < -0.4 is 5.32 Å². The zero-order valence-electron chi connectivity index (χ0n) is 10.7. The molecule has 1 nitrogen and oxygen atoms in total. The van der Waals surface area contributed by atoms with Crippen molar-refractivity contribution >= 4 is 0 Å². The molecule has 1 aromatic carbocycles. The second-order valence-corrected chi connectivity index (χ2v) is 5.44. The fourth-order valence-electron chi connectivity index (χ4n) is 2.79. The fourth-order valence-corrected chi connectivity index (χ4v) is 2.79. The molecule has 0 spiro atoms. The van der Waals surface area contributed by atoms with Crippen molar-refractivity contribution in [2.75, 3.05) is 6.54 Å². The van der Waals surface area contributed by atoms with E-state index in [0.29, 0.717) is 0 Å². The van der Waals surface area contributed by atoms with Crippen molar-refractivity contribution in [2.45, 2.75) is 39.2 Å². The van der Waals surface area contributed by atoms with Crippen LogP contribution in [-0.4, -0.2) is 6.54 Å². The predicted octanol–water partition coefficient (Wildman–Crippen LogP) is 3.91. The normalized spacial score (nSPS) is 26.1. The maximum atomic E-state index is 13.6. The van der Waals surface area contributed by atoms with Crippen molar-refractivity contribution in [3.8, 4) is 0 Å². The molecule has 3 atom stereocenters. The van der Waals surface area contributed by atoms with E-state index in [9.17, 15) is 4.39 Å². The van der Waals surface area contributed by atoms with Crippen molar-refractivity contribution in [1.82, 2.24) is 5.32 Å². The van der Waals surface area contributed by atoms with Gasteiger partial charge in [0.05, 0.1) is 0 Å². The highest BCUT2D eigenvalue weighted by Gasteiger charge is 2.21. The van der Waals surface area contributed by atoms with Crippen LogP contribution in [-0.2, 0) is 0 Å². The van der Waals surface area contributed by atoms with Crippen LogP contribution in [0.1, 0.15) is 44.7 Å². The summed E-state index contributed by atoms with van der Waals surface area (Å²) in [6.07, 6.45) is 3.98. The smallest absolute Gasteiger partial charge is 0.127 e. The Hall–Kier alpha value is -0.890. The summed E-state index contributed by atoms with van der Waals surface area (Å²) in [6.45, 7) is 5.37. The second kappa shape index (κ2) is 5.63. The first-order valence-corrected chi connectivity index (χ1v) is 6.64. The minimum absolute atomic E-state index is 0.104. The van der Waals surface area contributed by atoms with Gasteiger partial charge in [0.2, 0.25) is 0 Å². The molecule has 0 heterocycles. The van der Waals surface area contributed by atoms with Crippen molar-refractivity contribution in [1.29, 1.82) is 0 Å². The maximum Gasteiger partial charge on any atom is 0.127 e. The fraction of sp³-hybridized carbons (Fsp3) is 0.600. The van der Waals surface area contributed by atoms with Crippen LogP contribution in [0.25, 0.3) is 0 Å². The third-order valence-corrected chi connectivity index (χ3v) is 3.89. The van der Waals surface area contributed by atoms with Gasteiger partial charge in [0, 0.05) is 11.6 Å². The third-order valence-electron chi connectivity index (χ3n) is 3.89. The van der Waals surface area contributed by atoms with Gasteiger partial charge in [0.25, 0.3) is 0 Å². The molecule has 2 rings (SSSR count). The zero-order valence-corrected chi connectivity index (χ0v) is 10.7. The van der Waals surface area contributed by atoms with E-state index in [4.69, 9.17) is 0 Å². The van der Waals surface area contributed by atoms with E-state index in [1.165, 1.54) is 25.3 Å². The largest absolute Gasteiger partial charge is 0.310 e. The number of hydrogen-bond acceptors (Lipinski definition) is 1. The second-order valence-electron chi connectivity index (χ2n) is 5.44. The van der Waals surface area contributed by atoms with Crippen molar-refractivity contribution in [2.24, 2.45) is 11.8 Å². The van der Waals surface area contributed by atoms with E-state index >= 15 is 0 Å². The zero-order chi connectivity index (χ0) is 12.3. The van der Waals surface area contributed by atoms with Gasteiger partial charge in [-0.25, -0.2) is 4.39 Å². The highest BCUT2D eigenvalue weighted by Crippen LogP contribution is 2.30. The molecule has 94 valence electrons. The molecular formula is C15H22FN. The average molecular weight is 235 g/mol. The lowest BCUT2D eigenvalue weighted by Crippen LogP contribution is -2.25. The van der Waals surface area contributed by atoms with Gasteiger partial charge in [-0.2, -0.15) is 0 Å². The summed E-state index contributed by atoms with van der Waals surface area (Å²) in [5.41, 5.74) is 0.776. The Morgan fingerprint density at radius 1 is 1.35 bits per heavy atom. The van der Waals surface area contributed by atoms with Crippen LogP contribution in [0.5, 0.6) is 0 Å². The Kier molecular flexibility index (Phi) is 4.16. The Morgan fingerprint density at radius 3 is 2.76 bits per heavy atom. The summed E-state index contributed by atoms with van der Waals surface area (Å²) >= 11 is 0. The number of halogens is 1. The molecule has 1 aliphatic carbocycles.